The molecule has 90 valence electrons. The van der Waals surface area contributed by atoms with Gasteiger partial charge in [-0.05, 0) is 12.1 Å². The maximum Gasteiger partial charge on any atom is 0.151 e. The van der Waals surface area contributed by atoms with Crippen LogP contribution in [0, 0.1) is 0 Å². The highest BCUT2D eigenvalue weighted by Crippen LogP contribution is 2.05. The molecule has 0 atom stereocenters. The van der Waals surface area contributed by atoms with Crippen molar-refractivity contribution >= 4 is 9.84 Å². The van der Waals surface area contributed by atoms with Gasteiger partial charge in [0.15, 0.2) is 9.84 Å². The Morgan fingerprint density at radius 3 is 2.75 bits per heavy atom. The van der Waals surface area contributed by atoms with Crippen LogP contribution in [0.4, 0.5) is 0 Å². The molecular formula is C10H16N2O3S. The van der Waals surface area contributed by atoms with Crippen LogP contribution in [0.2, 0.25) is 0 Å². The van der Waals surface area contributed by atoms with Gasteiger partial charge in [-0.3, -0.25) is 4.98 Å². The Labute approximate surface area is 95.4 Å². The van der Waals surface area contributed by atoms with Crippen LogP contribution in [-0.2, 0) is 16.4 Å². The molecular weight excluding hydrogens is 228 g/mol. The average Bonchev–Trinajstić information content (AvgIpc) is 2.27. The third kappa shape index (κ3) is 4.59. The van der Waals surface area contributed by atoms with Gasteiger partial charge >= 0.3 is 0 Å². The van der Waals surface area contributed by atoms with E-state index in [-0.39, 0.29) is 17.3 Å². The number of hydrogen-bond acceptors (Lipinski definition) is 5. The lowest BCUT2D eigenvalue weighted by molar-refractivity contribution is 0.472. The van der Waals surface area contributed by atoms with E-state index in [0.717, 1.165) is 5.69 Å². The summed E-state index contributed by atoms with van der Waals surface area (Å²) in [5, 5.41) is 12.0. The second-order valence-corrected chi connectivity index (χ2v) is 5.89. The first-order valence-corrected chi connectivity index (χ1v) is 6.90. The molecule has 5 nitrogen and oxygen atoms in total. The first-order valence-electron chi connectivity index (χ1n) is 5.08. The van der Waals surface area contributed by atoms with E-state index in [1.54, 1.807) is 19.1 Å². The average molecular weight is 244 g/mol. The molecule has 0 amide bonds. The molecule has 16 heavy (non-hydrogen) atoms. The highest BCUT2D eigenvalue weighted by Gasteiger charge is 2.05. The van der Waals surface area contributed by atoms with Gasteiger partial charge in [0.25, 0.3) is 0 Å². The summed E-state index contributed by atoms with van der Waals surface area (Å²) in [7, 11) is -2.90. The predicted octanol–water partition coefficient (Wildman–Crippen LogP) is 0.311. The fourth-order valence-electron chi connectivity index (χ4n) is 1.11. The molecule has 0 aliphatic heterocycles. The van der Waals surface area contributed by atoms with Crippen molar-refractivity contribution in [1.82, 2.24) is 10.3 Å². The summed E-state index contributed by atoms with van der Waals surface area (Å²) in [5.74, 6) is 0.436. The first kappa shape index (κ1) is 12.9. The van der Waals surface area contributed by atoms with Crippen molar-refractivity contribution in [2.45, 2.75) is 13.5 Å². The number of aromatic hydroxyl groups is 1. The van der Waals surface area contributed by atoms with Gasteiger partial charge in [-0.15, -0.1) is 0 Å². The molecule has 2 N–H and O–H groups in total. The molecule has 0 saturated heterocycles. The van der Waals surface area contributed by atoms with Crippen LogP contribution in [0.3, 0.4) is 0 Å². The molecule has 0 saturated carbocycles. The Morgan fingerprint density at radius 2 is 2.19 bits per heavy atom. The van der Waals surface area contributed by atoms with E-state index >= 15 is 0 Å². The quantitative estimate of drug-likeness (QED) is 0.704. The second kappa shape index (κ2) is 5.81. The maximum atomic E-state index is 11.2. The van der Waals surface area contributed by atoms with Crippen LogP contribution in [0.15, 0.2) is 18.3 Å². The molecule has 6 heteroatoms. The van der Waals surface area contributed by atoms with Crippen LogP contribution in [0.5, 0.6) is 5.75 Å². The number of rotatable bonds is 6. The minimum atomic E-state index is -2.90. The van der Waals surface area contributed by atoms with E-state index in [1.165, 1.54) is 6.20 Å². The van der Waals surface area contributed by atoms with Crippen LogP contribution in [0.1, 0.15) is 12.6 Å². The predicted molar refractivity (Wildman–Crippen MR) is 61.9 cm³/mol. The zero-order valence-electron chi connectivity index (χ0n) is 9.18. The van der Waals surface area contributed by atoms with Gasteiger partial charge in [0.05, 0.1) is 17.6 Å². The molecule has 0 aliphatic carbocycles. The van der Waals surface area contributed by atoms with E-state index in [9.17, 15) is 8.42 Å². The zero-order valence-corrected chi connectivity index (χ0v) is 10.00. The van der Waals surface area contributed by atoms with Crippen molar-refractivity contribution in [2.75, 3.05) is 18.1 Å². The van der Waals surface area contributed by atoms with E-state index in [0.29, 0.717) is 13.1 Å². The van der Waals surface area contributed by atoms with Crippen LogP contribution in [0.25, 0.3) is 0 Å². The van der Waals surface area contributed by atoms with Gasteiger partial charge in [0.1, 0.15) is 5.75 Å². The summed E-state index contributed by atoms with van der Waals surface area (Å²) in [4.78, 5) is 3.97. The van der Waals surface area contributed by atoms with Crippen molar-refractivity contribution in [3.05, 3.63) is 24.0 Å². The van der Waals surface area contributed by atoms with Crippen LogP contribution in [-0.4, -0.2) is 36.6 Å². The Kier molecular flexibility index (Phi) is 4.70. The topological polar surface area (TPSA) is 79.3 Å². The van der Waals surface area contributed by atoms with Crippen molar-refractivity contribution in [1.29, 1.82) is 0 Å². The standard InChI is InChI=1S/C10H16N2O3S/c1-2-16(14,15)6-5-11-7-9-3-4-10(13)8-12-9/h3-4,8,11,13H,2,5-7H2,1H3. The summed E-state index contributed by atoms with van der Waals surface area (Å²) >= 11 is 0. The number of pyridine rings is 1. The van der Waals surface area contributed by atoms with Gasteiger partial charge in [0, 0.05) is 18.8 Å². The molecule has 0 unspecified atom stereocenters. The minimum absolute atomic E-state index is 0.123. The van der Waals surface area contributed by atoms with E-state index in [4.69, 9.17) is 5.11 Å². The molecule has 0 bridgehead atoms. The SMILES string of the molecule is CCS(=O)(=O)CCNCc1ccc(O)cn1. The molecule has 1 rings (SSSR count). The number of sulfone groups is 1. The lowest BCUT2D eigenvalue weighted by Crippen LogP contribution is -2.23. The molecule has 0 radical (unpaired) electrons. The molecule has 1 aromatic rings. The Balaban J connectivity index is 2.29. The normalized spacial score (nSPS) is 11.6. The van der Waals surface area contributed by atoms with E-state index < -0.39 is 9.84 Å². The maximum absolute atomic E-state index is 11.2. The largest absolute Gasteiger partial charge is 0.506 e. The van der Waals surface area contributed by atoms with Crippen molar-refractivity contribution in [2.24, 2.45) is 0 Å². The Bertz CT molecular complexity index is 414. The summed E-state index contributed by atoms with van der Waals surface area (Å²) in [6.45, 7) is 2.55. The molecule has 0 spiro atoms. The number of nitrogens with one attached hydrogen (secondary N) is 1. The van der Waals surface area contributed by atoms with Gasteiger partial charge < -0.3 is 10.4 Å². The summed E-state index contributed by atoms with van der Waals surface area (Å²) in [6.07, 6.45) is 1.36. The highest BCUT2D eigenvalue weighted by atomic mass is 32.2. The summed E-state index contributed by atoms with van der Waals surface area (Å²) < 4.78 is 22.3. The van der Waals surface area contributed by atoms with Gasteiger partial charge in [-0.25, -0.2) is 8.42 Å². The fourth-order valence-corrected chi connectivity index (χ4v) is 1.85. The van der Waals surface area contributed by atoms with Gasteiger partial charge in [0.2, 0.25) is 0 Å². The molecule has 0 fully saturated rings. The van der Waals surface area contributed by atoms with Crippen LogP contribution < -0.4 is 5.32 Å². The molecule has 1 aromatic heterocycles. The van der Waals surface area contributed by atoms with Gasteiger partial charge in [-0.1, -0.05) is 6.92 Å². The lowest BCUT2D eigenvalue weighted by Gasteiger charge is -2.04. The van der Waals surface area contributed by atoms with E-state index in [2.05, 4.69) is 10.3 Å². The first-order chi connectivity index (χ1) is 7.53. The van der Waals surface area contributed by atoms with Crippen molar-refractivity contribution in [3.63, 3.8) is 0 Å². The molecule has 0 aliphatic rings. The number of aromatic nitrogens is 1. The monoisotopic (exact) mass is 244 g/mol. The van der Waals surface area contributed by atoms with E-state index in [1.807, 2.05) is 0 Å². The van der Waals surface area contributed by atoms with Crippen molar-refractivity contribution < 1.29 is 13.5 Å². The lowest BCUT2D eigenvalue weighted by atomic mass is 10.3. The minimum Gasteiger partial charge on any atom is -0.506 e. The third-order valence-corrected chi connectivity index (χ3v) is 3.85. The van der Waals surface area contributed by atoms with Crippen LogP contribution >= 0.6 is 0 Å². The summed E-state index contributed by atoms with van der Waals surface area (Å²) in [6, 6.07) is 3.24. The Hall–Kier alpha value is -1.14. The highest BCUT2D eigenvalue weighted by molar-refractivity contribution is 7.91. The fraction of sp³-hybridized carbons (Fsp3) is 0.500. The number of nitrogens with zero attached hydrogens (tertiary/aromatic N) is 1. The smallest absolute Gasteiger partial charge is 0.151 e. The molecule has 0 aromatic carbocycles. The number of hydrogen-bond donors (Lipinski definition) is 2. The van der Waals surface area contributed by atoms with Gasteiger partial charge in [-0.2, -0.15) is 0 Å². The molecule has 1 heterocycles. The summed E-state index contributed by atoms with van der Waals surface area (Å²) in [5.41, 5.74) is 0.770. The third-order valence-electron chi connectivity index (χ3n) is 2.14. The van der Waals surface area contributed by atoms with Crippen molar-refractivity contribution in [3.8, 4) is 5.75 Å². The Morgan fingerprint density at radius 1 is 1.44 bits per heavy atom. The second-order valence-electron chi connectivity index (χ2n) is 3.42. The zero-order chi connectivity index (χ0) is 12.0.